The molecule has 8 heteroatoms. The van der Waals surface area contributed by atoms with Gasteiger partial charge in [0, 0.05) is 17.7 Å². The SMILES string of the molecule is COc1ccccc1CNC(=O)Cn1nc(-c2ccc(F)cc2)oc1=O. The second kappa shape index (κ2) is 7.64. The second-order valence-corrected chi connectivity index (χ2v) is 5.43. The molecule has 0 aliphatic heterocycles. The topological polar surface area (TPSA) is 86.4 Å². The summed E-state index contributed by atoms with van der Waals surface area (Å²) in [7, 11) is 1.55. The van der Waals surface area contributed by atoms with Crippen molar-refractivity contribution in [3.63, 3.8) is 0 Å². The standard InChI is InChI=1S/C18H16FN3O4/c1-25-15-5-3-2-4-13(15)10-20-16(23)11-22-18(24)26-17(21-22)12-6-8-14(19)9-7-12/h2-9H,10-11H2,1H3,(H,20,23). The summed E-state index contributed by atoms with van der Waals surface area (Å²) in [5.74, 6) is -0.905. The molecule has 26 heavy (non-hydrogen) atoms. The number of hydrogen-bond donors (Lipinski definition) is 1. The number of nitrogens with zero attached hydrogens (tertiary/aromatic N) is 2. The number of para-hydroxylation sites is 1. The van der Waals surface area contributed by atoms with E-state index in [0.29, 0.717) is 11.3 Å². The molecule has 0 saturated carbocycles. The lowest BCUT2D eigenvalue weighted by atomic mass is 10.2. The van der Waals surface area contributed by atoms with Gasteiger partial charge in [0.05, 0.1) is 7.11 Å². The van der Waals surface area contributed by atoms with Gasteiger partial charge in [0.15, 0.2) is 0 Å². The Balaban J connectivity index is 1.66. The van der Waals surface area contributed by atoms with Gasteiger partial charge in [0.2, 0.25) is 11.8 Å². The van der Waals surface area contributed by atoms with Gasteiger partial charge in [-0.3, -0.25) is 4.79 Å². The monoisotopic (exact) mass is 357 g/mol. The van der Waals surface area contributed by atoms with Gasteiger partial charge in [-0.25, -0.2) is 9.18 Å². The molecule has 0 radical (unpaired) electrons. The third-order valence-corrected chi connectivity index (χ3v) is 3.66. The highest BCUT2D eigenvalue weighted by atomic mass is 19.1. The van der Waals surface area contributed by atoms with Crippen molar-refractivity contribution in [2.45, 2.75) is 13.1 Å². The second-order valence-electron chi connectivity index (χ2n) is 5.43. The van der Waals surface area contributed by atoms with E-state index in [9.17, 15) is 14.0 Å². The lowest BCUT2D eigenvalue weighted by Crippen LogP contribution is -2.31. The Morgan fingerprint density at radius 1 is 1.23 bits per heavy atom. The third kappa shape index (κ3) is 3.97. The number of carbonyl (C=O) groups excluding carboxylic acids is 1. The van der Waals surface area contributed by atoms with Crippen LogP contribution in [0.25, 0.3) is 11.5 Å². The zero-order valence-corrected chi connectivity index (χ0v) is 13.9. The maximum atomic E-state index is 13.0. The summed E-state index contributed by atoms with van der Waals surface area (Å²) in [6, 6.07) is 12.6. The maximum absolute atomic E-state index is 13.0. The number of amides is 1. The fourth-order valence-electron chi connectivity index (χ4n) is 2.35. The van der Waals surface area contributed by atoms with Gasteiger partial charge >= 0.3 is 5.76 Å². The number of methoxy groups -OCH3 is 1. The summed E-state index contributed by atoms with van der Waals surface area (Å²) in [6.45, 7) is -0.0427. The van der Waals surface area contributed by atoms with E-state index >= 15 is 0 Å². The summed E-state index contributed by atoms with van der Waals surface area (Å²) in [5, 5.41) is 6.66. The fourth-order valence-corrected chi connectivity index (χ4v) is 2.35. The first-order valence-corrected chi connectivity index (χ1v) is 7.79. The molecule has 0 aliphatic rings. The molecule has 1 aromatic heterocycles. The minimum Gasteiger partial charge on any atom is -0.496 e. The molecule has 0 unspecified atom stereocenters. The number of carbonyl (C=O) groups is 1. The Kier molecular flexibility index (Phi) is 5.12. The quantitative estimate of drug-likeness (QED) is 0.729. The molecular weight excluding hydrogens is 341 g/mol. The van der Waals surface area contributed by atoms with E-state index in [-0.39, 0.29) is 19.0 Å². The first-order chi connectivity index (χ1) is 12.6. The van der Waals surface area contributed by atoms with Crippen LogP contribution in [-0.2, 0) is 17.9 Å². The van der Waals surface area contributed by atoms with Crippen molar-refractivity contribution in [2.75, 3.05) is 7.11 Å². The Morgan fingerprint density at radius 2 is 1.96 bits per heavy atom. The van der Waals surface area contributed by atoms with Crippen LogP contribution in [0.2, 0.25) is 0 Å². The number of ether oxygens (including phenoxy) is 1. The van der Waals surface area contributed by atoms with E-state index in [1.807, 2.05) is 18.2 Å². The van der Waals surface area contributed by atoms with Gasteiger partial charge in [0.25, 0.3) is 0 Å². The number of hydrogen-bond acceptors (Lipinski definition) is 5. The molecule has 1 amide bonds. The average Bonchev–Trinajstić information content (AvgIpc) is 3.01. The van der Waals surface area contributed by atoms with E-state index in [1.54, 1.807) is 13.2 Å². The minimum atomic E-state index is -0.767. The lowest BCUT2D eigenvalue weighted by Gasteiger charge is -2.09. The van der Waals surface area contributed by atoms with Crippen LogP contribution in [0, 0.1) is 5.82 Å². The number of nitrogens with one attached hydrogen (secondary N) is 1. The maximum Gasteiger partial charge on any atom is 0.437 e. The molecule has 1 N–H and O–H groups in total. The van der Waals surface area contributed by atoms with Crippen molar-refractivity contribution in [2.24, 2.45) is 0 Å². The van der Waals surface area contributed by atoms with Gasteiger partial charge < -0.3 is 14.5 Å². The van der Waals surface area contributed by atoms with Crippen molar-refractivity contribution >= 4 is 5.91 Å². The van der Waals surface area contributed by atoms with E-state index in [0.717, 1.165) is 10.2 Å². The van der Waals surface area contributed by atoms with E-state index in [1.165, 1.54) is 24.3 Å². The van der Waals surface area contributed by atoms with Gasteiger partial charge in [-0.1, -0.05) is 18.2 Å². The summed E-state index contributed by atoms with van der Waals surface area (Å²) < 4.78 is 24.1. The molecule has 2 aromatic carbocycles. The summed E-state index contributed by atoms with van der Waals surface area (Å²) in [5.41, 5.74) is 1.25. The number of aromatic nitrogens is 2. The first-order valence-electron chi connectivity index (χ1n) is 7.79. The normalized spacial score (nSPS) is 10.5. The van der Waals surface area contributed by atoms with Gasteiger partial charge in [-0.05, 0) is 30.3 Å². The summed E-state index contributed by atoms with van der Waals surface area (Å²) in [4.78, 5) is 23.9. The third-order valence-electron chi connectivity index (χ3n) is 3.66. The smallest absolute Gasteiger partial charge is 0.437 e. The molecule has 0 saturated heterocycles. The van der Waals surface area contributed by atoms with Gasteiger partial charge in [0.1, 0.15) is 18.1 Å². The zero-order chi connectivity index (χ0) is 18.5. The highest BCUT2D eigenvalue weighted by Crippen LogP contribution is 2.17. The van der Waals surface area contributed by atoms with Crippen LogP contribution in [0.15, 0.2) is 57.7 Å². The van der Waals surface area contributed by atoms with Crippen LogP contribution in [0.5, 0.6) is 5.75 Å². The van der Waals surface area contributed by atoms with Crippen LogP contribution in [-0.4, -0.2) is 22.8 Å². The molecule has 0 aliphatic carbocycles. The van der Waals surface area contributed by atoms with Crippen molar-refractivity contribution in [3.05, 3.63) is 70.5 Å². The predicted octanol–water partition coefficient (Wildman–Crippen LogP) is 1.97. The first kappa shape index (κ1) is 17.4. The highest BCUT2D eigenvalue weighted by Gasteiger charge is 2.13. The number of benzene rings is 2. The number of halogens is 1. The van der Waals surface area contributed by atoms with Gasteiger partial charge in [-0.15, -0.1) is 5.10 Å². The molecule has 134 valence electrons. The van der Waals surface area contributed by atoms with Crippen molar-refractivity contribution in [1.29, 1.82) is 0 Å². The van der Waals surface area contributed by atoms with E-state index in [4.69, 9.17) is 9.15 Å². The molecule has 0 spiro atoms. The minimum absolute atomic E-state index is 0.0209. The molecule has 0 fully saturated rings. The van der Waals surface area contributed by atoms with Crippen molar-refractivity contribution < 1.29 is 18.3 Å². The molecule has 0 bridgehead atoms. The predicted molar refractivity (Wildman–Crippen MR) is 91.0 cm³/mol. The molecular formula is C18H16FN3O4. The Morgan fingerprint density at radius 3 is 2.69 bits per heavy atom. The van der Waals surface area contributed by atoms with Crippen molar-refractivity contribution in [3.8, 4) is 17.2 Å². The number of rotatable bonds is 6. The van der Waals surface area contributed by atoms with E-state index < -0.39 is 17.5 Å². The molecule has 7 nitrogen and oxygen atoms in total. The largest absolute Gasteiger partial charge is 0.496 e. The molecule has 3 rings (SSSR count). The van der Waals surface area contributed by atoms with Crippen LogP contribution in [0.4, 0.5) is 4.39 Å². The fraction of sp³-hybridized carbons (Fsp3) is 0.167. The highest BCUT2D eigenvalue weighted by molar-refractivity contribution is 5.75. The van der Waals surface area contributed by atoms with Crippen LogP contribution in [0.3, 0.4) is 0 Å². The summed E-state index contributed by atoms with van der Waals surface area (Å²) >= 11 is 0. The zero-order valence-electron chi connectivity index (χ0n) is 13.9. The lowest BCUT2D eigenvalue weighted by molar-refractivity contribution is -0.122. The Labute approximate surface area is 148 Å². The van der Waals surface area contributed by atoms with Crippen LogP contribution < -0.4 is 15.8 Å². The Hall–Kier alpha value is -3.42. The summed E-state index contributed by atoms with van der Waals surface area (Å²) in [6.07, 6.45) is 0. The average molecular weight is 357 g/mol. The Bertz CT molecular complexity index is 963. The molecule has 3 aromatic rings. The van der Waals surface area contributed by atoms with Crippen LogP contribution >= 0.6 is 0 Å². The van der Waals surface area contributed by atoms with E-state index in [2.05, 4.69) is 10.4 Å². The van der Waals surface area contributed by atoms with Crippen molar-refractivity contribution in [1.82, 2.24) is 15.1 Å². The van der Waals surface area contributed by atoms with Crippen LogP contribution in [0.1, 0.15) is 5.56 Å². The molecule has 0 atom stereocenters. The molecule has 1 heterocycles. The van der Waals surface area contributed by atoms with Gasteiger partial charge in [-0.2, -0.15) is 4.68 Å².